The van der Waals surface area contributed by atoms with Gasteiger partial charge in [-0.3, -0.25) is 9.59 Å². The van der Waals surface area contributed by atoms with Crippen LogP contribution in [0.4, 0.5) is 0 Å². The summed E-state index contributed by atoms with van der Waals surface area (Å²) in [4.78, 5) is 21.0. The number of rotatable bonds is 5. The minimum absolute atomic E-state index is 0.0282. The third kappa shape index (κ3) is 6.88. The number of hydrogen-bond acceptors (Lipinski definition) is 3. The van der Waals surface area contributed by atoms with Crippen LogP contribution in [0.5, 0.6) is 0 Å². The Morgan fingerprint density at radius 2 is 2.15 bits per heavy atom. The molecule has 1 N–H and O–H groups in total. The Kier molecular flexibility index (Phi) is 5.37. The molecule has 0 aliphatic heterocycles. The lowest BCUT2D eigenvalue weighted by atomic mass is 10.2. The molecule has 4 heteroatoms. The second kappa shape index (κ2) is 6.06. The van der Waals surface area contributed by atoms with E-state index in [1.807, 2.05) is 0 Å². The molecule has 0 heterocycles. The van der Waals surface area contributed by atoms with Gasteiger partial charge in [-0.1, -0.05) is 5.92 Å². The number of carbonyl (C=O) groups is 2. The van der Waals surface area contributed by atoms with Crippen LogP contribution in [0.15, 0.2) is 0 Å². The second-order valence-corrected chi connectivity index (χ2v) is 2.55. The first-order valence-corrected chi connectivity index (χ1v) is 3.93. The Labute approximate surface area is 76.9 Å². The molecule has 0 rings (SSSR count). The van der Waals surface area contributed by atoms with E-state index in [9.17, 15) is 9.59 Å². The predicted molar refractivity (Wildman–Crippen MR) is 45.9 cm³/mol. The van der Waals surface area contributed by atoms with Gasteiger partial charge in [-0.25, -0.2) is 0 Å². The molecule has 0 saturated heterocycles. The van der Waals surface area contributed by atoms with Crippen LogP contribution >= 0.6 is 0 Å². The lowest BCUT2D eigenvalue weighted by molar-refractivity contribution is -0.146. The van der Waals surface area contributed by atoms with Crippen LogP contribution in [0, 0.1) is 12.3 Å². The SMILES string of the molecule is C#CC(C)OC(=O)CCCC(=O)O. The van der Waals surface area contributed by atoms with Crippen molar-refractivity contribution in [2.75, 3.05) is 0 Å². The topological polar surface area (TPSA) is 63.6 Å². The van der Waals surface area contributed by atoms with Crippen LogP contribution in [0.2, 0.25) is 0 Å². The fourth-order valence-corrected chi connectivity index (χ4v) is 0.674. The lowest BCUT2D eigenvalue weighted by Crippen LogP contribution is -2.12. The Morgan fingerprint density at radius 1 is 1.54 bits per heavy atom. The number of esters is 1. The maximum absolute atomic E-state index is 10.9. The van der Waals surface area contributed by atoms with Gasteiger partial charge in [-0.2, -0.15) is 0 Å². The molecule has 0 aliphatic rings. The van der Waals surface area contributed by atoms with Gasteiger partial charge in [0.15, 0.2) is 6.10 Å². The van der Waals surface area contributed by atoms with Gasteiger partial charge in [0.25, 0.3) is 0 Å². The van der Waals surface area contributed by atoms with Crippen molar-refractivity contribution >= 4 is 11.9 Å². The normalized spacial score (nSPS) is 11.4. The van der Waals surface area contributed by atoms with Crippen LogP contribution in [0.1, 0.15) is 26.2 Å². The Hall–Kier alpha value is -1.50. The molecule has 0 aromatic heterocycles. The summed E-state index contributed by atoms with van der Waals surface area (Å²) >= 11 is 0. The van der Waals surface area contributed by atoms with Gasteiger partial charge in [0.2, 0.25) is 0 Å². The molecule has 0 fully saturated rings. The molecular weight excluding hydrogens is 172 g/mol. The van der Waals surface area contributed by atoms with Crippen molar-refractivity contribution in [2.45, 2.75) is 32.3 Å². The summed E-state index contributed by atoms with van der Waals surface area (Å²) in [5.74, 6) is 0.865. The monoisotopic (exact) mass is 184 g/mol. The maximum atomic E-state index is 10.9. The van der Waals surface area contributed by atoms with Crippen molar-refractivity contribution in [3.63, 3.8) is 0 Å². The highest BCUT2D eigenvalue weighted by atomic mass is 16.5. The summed E-state index contributed by atoms with van der Waals surface area (Å²) in [6, 6.07) is 0. The van der Waals surface area contributed by atoms with Gasteiger partial charge < -0.3 is 9.84 Å². The van der Waals surface area contributed by atoms with Gasteiger partial charge in [-0.05, 0) is 13.3 Å². The third-order valence-electron chi connectivity index (χ3n) is 1.31. The van der Waals surface area contributed by atoms with Crippen molar-refractivity contribution in [3.8, 4) is 12.3 Å². The standard InChI is InChI=1S/C9H12O4/c1-3-7(2)13-9(12)6-4-5-8(10)11/h1,7H,4-6H2,2H3,(H,10,11). The van der Waals surface area contributed by atoms with Crippen molar-refractivity contribution in [2.24, 2.45) is 0 Å². The summed E-state index contributed by atoms with van der Waals surface area (Å²) < 4.78 is 4.71. The highest BCUT2D eigenvalue weighted by Gasteiger charge is 2.07. The highest BCUT2D eigenvalue weighted by Crippen LogP contribution is 1.99. The zero-order chi connectivity index (χ0) is 10.3. The van der Waals surface area contributed by atoms with Gasteiger partial charge in [0.1, 0.15) is 0 Å². The molecule has 4 nitrogen and oxygen atoms in total. The molecule has 0 aromatic rings. The summed E-state index contributed by atoms with van der Waals surface area (Å²) in [5, 5.41) is 8.27. The van der Waals surface area contributed by atoms with Gasteiger partial charge in [-0.15, -0.1) is 6.42 Å². The summed E-state index contributed by atoms with van der Waals surface area (Å²) in [6.07, 6.45) is 4.78. The van der Waals surface area contributed by atoms with E-state index < -0.39 is 18.0 Å². The summed E-state index contributed by atoms with van der Waals surface area (Å²) in [5.41, 5.74) is 0. The van der Waals surface area contributed by atoms with E-state index in [1.165, 1.54) is 0 Å². The molecule has 0 saturated carbocycles. The molecule has 0 aliphatic carbocycles. The van der Waals surface area contributed by atoms with Crippen molar-refractivity contribution < 1.29 is 19.4 Å². The van der Waals surface area contributed by atoms with E-state index in [-0.39, 0.29) is 19.3 Å². The zero-order valence-electron chi connectivity index (χ0n) is 7.45. The van der Waals surface area contributed by atoms with E-state index in [2.05, 4.69) is 5.92 Å². The molecule has 0 amide bonds. The van der Waals surface area contributed by atoms with Crippen molar-refractivity contribution in [3.05, 3.63) is 0 Å². The van der Waals surface area contributed by atoms with Gasteiger partial charge in [0.05, 0.1) is 0 Å². The maximum Gasteiger partial charge on any atom is 0.307 e. The molecular formula is C9H12O4. The molecule has 0 aromatic carbocycles. The number of terminal acetylenes is 1. The molecule has 0 spiro atoms. The lowest BCUT2D eigenvalue weighted by Gasteiger charge is -2.05. The van der Waals surface area contributed by atoms with E-state index in [4.69, 9.17) is 16.3 Å². The third-order valence-corrected chi connectivity index (χ3v) is 1.31. The van der Waals surface area contributed by atoms with Crippen LogP contribution in [-0.2, 0) is 14.3 Å². The minimum Gasteiger partial charge on any atom is -0.481 e. The van der Waals surface area contributed by atoms with E-state index in [0.29, 0.717) is 0 Å². The Balaban J connectivity index is 3.53. The first kappa shape index (κ1) is 11.5. The largest absolute Gasteiger partial charge is 0.481 e. The number of hydrogen-bond donors (Lipinski definition) is 1. The first-order chi connectivity index (χ1) is 6.06. The summed E-state index contributed by atoms with van der Waals surface area (Å²) in [7, 11) is 0. The minimum atomic E-state index is -0.919. The molecule has 0 radical (unpaired) electrons. The average molecular weight is 184 g/mol. The zero-order valence-corrected chi connectivity index (χ0v) is 7.45. The number of aliphatic carboxylic acids is 1. The van der Waals surface area contributed by atoms with Crippen LogP contribution in [-0.4, -0.2) is 23.1 Å². The Morgan fingerprint density at radius 3 is 2.62 bits per heavy atom. The van der Waals surface area contributed by atoms with Gasteiger partial charge >= 0.3 is 11.9 Å². The molecule has 72 valence electrons. The number of carboxylic acids is 1. The fourth-order valence-electron chi connectivity index (χ4n) is 0.674. The van der Waals surface area contributed by atoms with E-state index in [1.54, 1.807) is 6.92 Å². The molecule has 13 heavy (non-hydrogen) atoms. The molecule has 1 unspecified atom stereocenters. The quantitative estimate of drug-likeness (QED) is 0.507. The predicted octanol–water partition coefficient (Wildman–Crippen LogP) is 0.806. The van der Waals surface area contributed by atoms with Gasteiger partial charge in [0, 0.05) is 12.8 Å². The van der Waals surface area contributed by atoms with Crippen LogP contribution in [0.25, 0.3) is 0 Å². The molecule has 1 atom stereocenters. The number of carbonyl (C=O) groups excluding carboxylic acids is 1. The fraction of sp³-hybridized carbons (Fsp3) is 0.556. The number of ether oxygens (including phenoxy) is 1. The van der Waals surface area contributed by atoms with Crippen LogP contribution < -0.4 is 0 Å². The van der Waals surface area contributed by atoms with Crippen LogP contribution in [0.3, 0.4) is 0 Å². The highest BCUT2D eigenvalue weighted by molar-refractivity contribution is 5.71. The first-order valence-electron chi connectivity index (χ1n) is 3.93. The van der Waals surface area contributed by atoms with Crippen molar-refractivity contribution in [1.29, 1.82) is 0 Å². The second-order valence-electron chi connectivity index (χ2n) is 2.55. The van der Waals surface area contributed by atoms with Crippen molar-refractivity contribution in [1.82, 2.24) is 0 Å². The Bertz CT molecular complexity index is 226. The molecule has 0 bridgehead atoms. The summed E-state index contributed by atoms with van der Waals surface area (Å²) in [6.45, 7) is 1.58. The van der Waals surface area contributed by atoms with E-state index >= 15 is 0 Å². The van der Waals surface area contributed by atoms with E-state index in [0.717, 1.165) is 0 Å². The smallest absolute Gasteiger partial charge is 0.307 e. The average Bonchev–Trinajstić information content (AvgIpc) is 2.03. The number of carboxylic acid groups (broad SMARTS) is 1.